The first-order valence-electron chi connectivity index (χ1n) is 5.33. The molecule has 1 atom stereocenters. The van der Waals surface area contributed by atoms with Gasteiger partial charge in [0.05, 0.1) is 12.6 Å². The van der Waals surface area contributed by atoms with E-state index >= 15 is 0 Å². The highest BCUT2D eigenvalue weighted by Crippen LogP contribution is 2.17. The molecule has 0 spiro atoms. The number of rotatable bonds is 4. The van der Waals surface area contributed by atoms with Crippen molar-refractivity contribution in [2.75, 3.05) is 11.9 Å². The van der Waals surface area contributed by atoms with Gasteiger partial charge in [0.1, 0.15) is 11.6 Å². The van der Waals surface area contributed by atoms with Gasteiger partial charge in [-0.15, -0.1) is 0 Å². The fourth-order valence-corrected chi connectivity index (χ4v) is 1.56. The maximum Gasteiger partial charge on any atom is 0.126 e. The van der Waals surface area contributed by atoms with E-state index < -0.39 is 0 Å². The quantitative estimate of drug-likeness (QED) is 0.850. The fourth-order valence-electron chi connectivity index (χ4n) is 1.56. The van der Waals surface area contributed by atoms with E-state index in [2.05, 4.69) is 10.3 Å². The number of halogens is 1. The Balaban J connectivity index is 2.14. The number of nitrogens with zero attached hydrogens (tertiary/aromatic N) is 1. The minimum absolute atomic E-state index is 0.0811. The molecule has 0 saturated carbocycles. The lowest BCUT2D eigenvalue weighted by molar-refractivity contribution is 0.276. The Morgan fingerprint density at radius 3 is 2.53 bits per heavy atom. The Morgan fingerprint density at radius 2 is 1.94 bits per heavy atom. The topological polar surface area (TPSA) is 45.1 Å². The smallest absolute Gasteiger partial charge is 0.126 e. The lowest BCUT2D eigenvalue weighted by atomic mass is 10.1. The average Bonchev–Trinajstić information content (AvgIpc) is 2.38. The SMILES string of the molecule is OC[C@H](Nc1ccccn1)c1ccc(F)cc1. The van der Waals surface area contributed by atoms with E-state index in [-0.39, 0.29) is 18.5 Å². The molecule has 4 heteroatoms. The molecule has 0 bridgehead atoms. The first-order valence-corrected chi connectivity index (χ1v) is 5.33. The van der Waals surface area contributed by atoms with Gasteiger partial charge in [-0.3, -0.25) is 0 Å². The lowest BCUT2D eigenvalue weighted by Crippen LogP contribution is -2.15. The molecule has 1 heterocycles. The van der Waals surface area contributed by atoms with Crippen molar-refractivity contribution >= 4 is 5.82 Å². The first-order chi connectivity index (χ1) is 8.29. The molecular formula is C13H13FN2O. The standard InChI is InChI=1S/C13H13FN2O/c14-11-6-4-10(5-7-11)12(9-17)16-13-3-1-2-8-15-13/h1-8,12,17H,9H2,(H,15,16)/t12-/m0/s1. The molecule has 0 amide bonds. The van der Waals surface area contributed by atoms with Crippen LogP contribution in [0.5, 0.6) is 0 Å². The summed E-state index contributed by atoms with van der Waals surface area (Å²) in [5.41, 5.74) is 0.819. The largest absolute Gasteiger partial charge is 0.394 e. The van der Waals surface area contributed by atoms with Crippen LogP contribution in [0.15, 0.2) is 48.7 Å². The summed E-state index contributed by atoms with van der Waals surface area (Å²) < 4.78 is 12.8. The molecule has 0 aliphatic carbocycles. The van der Waals surface area contributed by atoms with Crippen LogP contribution in [0.4, 0.5) is 10.2 Å². The number of anilines is 1. The van der Waals surface area contributed by atoms with Crippen molar-refractivity contribution in [3.05, 3.63) is 60.0 Å². The van der Waals surface area contributed by atoms with E-state index in [4.69, 9.17) is 0 Å². The van der Waals surface area contributed by atoms with Crippen molar-refractivity contribution in [1.29, 1.82) is 0 Å². The maximum absolute atomic E-state index is 12.8. The summed E-state index contributed by atoms with van der Waals surface area (Å²) in [5, 5.41) is 12.4. The molecule has 0 aliphatic rings. The molecular weight excluding hydrogens is 219 g/mol. The second-order valence-corrected chi connectivity index (χ2v) is 3.65. The molecule has 3 nitrogen and oxygen atoms in total. The van der Waals surface area contributed by atoms with Crippen molar-refractivity contribution in [2.24, 2.45) is 0 Å². The molecule has 0 unspecified atom stereocenters. The van der Waals surface area contributed by atoms with Crippen LogP contribution in [0, 0.1) is 5.82 Å². The minimum atomic E-state index is -0.289. The summed E-state index contributed by atoms with van der Waals surface area (Å²) in [6.45, 7) is -0.0811. The molecule has 2 aromatic rings. The normalized spacial score (nSPS) is 12.1. The summed E-state index contributed by atoms with van der Waals surface area (Å²) in [6, 6.07) is 11.2. The molecule has 0 aliphatic heterocycles. The Kier molecular flexibility index (Phi) is 3.67. The second kappa shape index (κ2) is 5.41. The van der Waals surface area contributed by atoms with Crippen molar-refractivity contribution in [3.63, 3.8) is 0 Å². The van der Waals surface area contributed by atoms with Crippen molar-refractivity contribution in [1.82, 2.24) is 4.98 Å². The van der Waals surface area contributed by atoms with Crippen LogP contribution in [-0.4, -0.2) is 16.7 Å². The van der Waals surface area contributed by atoms with Gasteiger partial charge in [-0.2, -0.15) is 0 Å². The van der Waals surface area contributed by atoms with E-state index in [0.717, 1.165) is 5.56 Å². The summed E-state index contributed by atoms with van der Waals surface area (Å²) >= 11 is 0. The van der Waals surface area contributed by atoms with Gasteiger partial charge in [-0.25, -0.2) is 9.37 Å². The third-order valence-corrected chi connectivity index (χ3v) is 2.44. The zero-order chi connectivity index (χ0) is 12.1. The van der Waals surface area contributed by atoms with Gasteiger partial charge in [0.15, 0.2) is 0 Å². The monoisotopic (exact) mass is 232 g/mol. The summed E-state index contributed by atoms with van der Waals surface area (Å²) in [4.78, 5) is 4.11. The maximum atomic E-state index is 12.8. The van der Waals surface area contributed by atoms with Crippen LogP contribution in [0.2, 0.25) is 0 Å². The molecule has 17 heavy (non-hydrogen) atoms. The van der Waals surface area contributed by atoms with Crippen LogP contribution in [-0.2, 0) is 0 Å². The van der Waals surface area contributed by atoms with E-state index in [1.807, 2.05) is 18.2 Å². The highest BCUT2D eigenvalue weighted by atomic mass is 19.1. The van der Waals surface area contributed by atoms with Crippen LogP contribution in [0.3, 0.4) is 0 Å². The molecule has 1 aromatic heterocycles. The van der Waals surface area contributed by atoms with Gasteiger partial charge >= 0.3 is 0 Å². The number of pyridine rings is 1. The molecule has 0 saturated heterocycles. The van der Waals surface area contributed by atoms with E-state index in [9.17, 15) is 9.50 Å². The molecule has 0 fully saturated rings. The van der Waals surface area contributed by atoms with E-state index in [1.54, 1.807) is 18.3 Å². The number of benzene rings is 1. The number of aliphatic hydroxyl groups is 1. The third-order valence-electron chi connectivity index (χ3n) is 2.44. The Morgan fingerprint density at radius 1 is 1.18 bits per heavy atom. The highest BCUT2D eigenvalue weighted by Gasteiger charge is 2.10. The Hall–Kier alpha value is -1.94. The van der Waals surface area contributed by atoms with Crippen LogP contribution >= 0.6 is 0 Å². The zero-order valence-corrected chi connectivity index (χ0v) is 9.18. The van der Waals surface area contributed by atoms with Gasteiger partial charge in [0.2, 0.25) is 0 Å². The average molecular weight is 232 g/mol. The Labute approximate surface area is 98.9 Å². The number of nitrogens with one attached hydrogen (secondary N) is 1. The van der Waals surface area contributed by atoms with Crippen molar-refractivity contribution < 1.29 is 9.50 Å². The van der Waals surface area contributed by atoms with Gasteiger partial charge in [-0.1, -0.05) is 18.2 Å². The number of aliphatic hydroxyl groups excluding tert-OH is 1. The third kappa shape index (κ3) is 3.01. The van der Waals surface area contributed by atoms with Crippen LogP contribution in [0.1, 0.15) is 11.6 Å². The molecule has 2 N–H and O–H groups in total. The Bertz CT molecular complexity index is 459. The molecule has 0 radical (unpaired) electrons. The van der Waals surface area contributed by atoms with Crippen LogP contribution in [0.25, 0.3) is 0 Å². The van der Waals surface area contributed by atoms with Crippen molar-refractivity contribution in [2.45, 2.75) is 6.04 Å². The molecule has 2 rings (SSSR count). The van der Waals surface area contributed by atoms with E-state index in [1.165, 1.54) is 12.1 Å². The fraction of sp³-hybridized carbons (Fsp3) is 0.154. The van der Waals surface area contributed by atoms with E-state index in [0.29, 0.717) is 5.82 Å². The summed E-state index contributed by atoms with van der Waals surface area (Å²) in [7, 11) is 0. The predicted octanol–water partition coefficient (Wildman–Crippen LogP) is 2.37. The van der Waals surface area contributed by atoms with Crippen molar-refractivity contribution in [3.8, 4) is 0 Å². The van der Waals surface area contributed by atoms with Crippen LogP contribution < -0.4 is 5.32 Å². The second-order valence-electron chi connectivity index (χ2n) is 3.65. The number of hydrogen-bond donors (Lipinski definition) is 2. The predicted molar refractivity (Wildman–Crippen MR) is 64.1 cm³/mol. The van der Waals surface area contributed by atoms with Gasteiger partial charge in [-0.05, 0) is 29.8 Å². The zero-order valence-electron chi connectivity index (χ0n) is 9.18. The lowest BCUT2D eigenvalue weighted by Gasteiger charge is -2.17. The summed E-state index contributed by atoms with van der Waals surface area (Å²) in [6.07, 6.45) is 1.67. The van der Waals surface area contributed by atoms with Gasteiger partial charge < -0.3 is 10.4 Å². The number of hydrogen-bond acceptors (Lipinski definition) is 3. The van der Waals surface area contributed by atoms with Gasteiger partial charge in [0.25, 0.3) is 0 Å². The van der Waals surface area contributed by atoms with Gasteiger partial charge in [0, 0.05) is 6.20 Å². The summed E-state index contributed by atoms with van der Waals surface area (Å²) in [5.74, 6) is 0.388. The highest BCUT2D eigenvalue weighted by molar-refractivity contribution is 5.37. The minimum Gasteiger partial charge on any atom is -0.394 e. The number of aromatic nitrogens is 1. The molecule has 88 valence electrons. The molecule has 1 aromatic carbocycles. The first kappa shape index (κ1) is 11.5.